The second kappa shape index (κ2) is 7.13. The van der Waals surface area contributed by atoms with E-state index in [1.165, 1.54) is 18.7 Å². The number of carbonyl (C=O) groups is 2. The first-order valence-electron chi connectivity index (χ1n) is 7.77. The van der Waals surface area contributed by atoms with Gasteiger partial charge in [-0.3, -0.25) is 4.79 Å². The summed E-state index contributed by atoms with van der Waals surface area (Å²) in [7, 11) is 0. The number of nitrogens with zero attached hydrogens (tertiary/aromatic N) is 1. The maximum atomic E-state index is 12.6. The van der Waals surface area contributed by atoms with Crippen molar-refractivity contribution >= 4 is 23.6 Å². The summed E-state index contributed by atoms with van der Waals surface area (Å²) in [6.07, 6.45) is 1.21. The number of ether oxygens (including phenoxy) is 1. The fraction of sp³-hybridized carbons (Fsp3) is 0.333. The van der Waals surface area contributed by atoms with Crippen molar-refractivity contribution in [1.29, 1.82) is 0 Å². The molecule has 6 heteroatoms. The molecule has 1 saturated heterocycles. The number of thioether (sulfide) groups is 1. The van der Waals surface area contributed by atoms with Crippen LogP contribution in [0.4, 0.5) is 0 Å². The normalized spacial score (nSPS) is 21.5. The van der Waals surface area contributed by atoms with Crippen LogP contribution in [0.2, 0.25) is 0 Å². The Balaban J connectivity index is 1.73. The van der Waals surface area contributed by atoms with Crippen molar-refractivity contribution in [2.24, 2.45) is 0 Å². The largest absolute Gasteiger partial charge is 0.466 e. The summed E-state index contributed by atoms with van der Waals surface area (Å²) in [4.78, 5) is 26.2. The van der Waals surface area contributed by atoms with Gasteiger partial charge < -0.3 is 14.1 Å². The van der Waals surface area contributed by atoms with Crippen molar-refractivity contribution < 1.29 is 18.7 Å². The third-order valence-electron chi connectivity index (χ3n) is 3.98. The summed E-state index contributed by atoms with van der Waals surface area (Å²) in [5.74, 6) is 0.603. The van der Waals surface area contributed by atoms with Crippen LogP contribution in [0.15, 0.2) is 53.1 Å². The van der Waals surface area contributed by atoms with E-state index < -0.39 is 6.04 Å². The van der Waals surface area contributed by atoms with E-state index in [1.54, 1.807) is 17.2 Å². The van der Waals surface area contributed by atoms with Gasteiger partial charge in [0.05, 0.1) is 6.26 Å². The lowest BCUT2D eigenvalue weighted by Gasteiger charge is -2.27. The zero-order chi connectivity index (χ0) is 17.1. The number of carbonyl (C=O) groups excluding carboxylic acids is 2. The number of rotatable bonds is 4. The van der Waals surface area contributed by atoms with Crippen LogP contribution in [0.1, 0.15) is 36.6 Å². The highest BCUT2D eigenvalue weighted by Gasteiger charge is 2.43. The van der Waals surface area contributed by atoms with Crippen molar-refractivity contribution in [3.63, 3.8) is 0 Å². The summed E-state index contributed by atoms with van der Waals surface area (Å²) < 4.78 is 11.0. The van der Waals surface area contributed by atoms with Crippen LogP contribution in [0, 0.1) is 0 Å². The molecule has 2 heterocycles. The molecule has 0 bridgehead atoms. The monoisotopic (exact) mass is 345 g/mol. The average Bonchev–Trinajstić information content (AvgIpc) is 3.24. The lowest BCUT2D eigenvalue weighted by molar-refractivity contribution is -0.158. The van der Waals surface area contributed by atoms with E-state index >= 15 is 0 Å². The molecule has 5 nitrogen and oxygen atoms in total. The van der Waals surface area contributed by atoms with Crippen LogP contribution < -0.4 is 0 Å². The van der Waals surface area contributed by atoms with Crippen LogP contribution in [0.5, 0.6) is 0 Å². The standard InChI is InChI=1S/C18H19NO4S/c1-12(14-7-4-3-5-8-14)23-18(21)15-11-24-17(19(15)13(2)20)16-9-6-10-22-16/h3-10,12,15,17H,11H2,1-2H3/t12-,15-,17+/m0/s1. The minimum absolute atomic E-state index is 0.171. The summed E-state index contributed by atoms with van der Waals surface area (Å²) in [5, 5.41) is -0.290. The minimum atomic E-state index is -0.603. The molecule has 1 aliphatic rings. The fourth-order valence-electron chi connectivity index (χ4n) is 2.77. The number of hydrogen-bond donors (Lipinski definition) is 0. The Hall–Kier alpha value is -2.21. The van der Waals surface area contributed by atoms with E-state index in [2.05, 4.69) is 0 Å². The second-order valence-electron chi connectivity index (χ2n) is 5.63. The molecule has 3 atom stereocenters. The molecule has 0 unspecified atom stereocenters. The van der Waals surface area contributed by atoms with Gasteiger partial charge in [0.1, 0.15) is 23.3 Å². The van der Waals surface area contributed by atoms with Crippen LogP contribution in [-0.2, 0) is 14.3 Å². The predicted molar refractivity (Wildman–Crippen MR) is 91.2 cm³/mol. The Morgan fingerprint density at radius 3 is 2.62 bits per heavy atom. The van der Waals surface area contributed by atoms with Crippen LogP contribution in [0.25, 0.3) is 0 Å². The van der Waals surface area contributed by atoms with Crippen LogP contribution in [-0.4, -0.2) is 28.6 Å². The molecule has 3 rings (SSSR count). The molecule has 0 radical (unpaired) electrons. The molecule has 1 aromatic heterocycles. The van der Waals surface area contributed by atoms with Gasteiger partial charge in [-0.15, -0.1) is 11.8 Å². The van der Waals surface area contributed by atoms with Crippen molar-refractivity contribution in [3.05, 3.63) is 60.1 Å². The first-order chi connectivity index (χ1) is 11.6. The van der Waals surface area contributed by atoms with E-state index in [4.69, 9.17) is 9.15 Å². The highest BCUT2D eigenvalue weighted by molar-refractivity contribution is 7.99. The number of benzene rings is 1. The van der Waals surface area contributed by atoms with Gasteiger partial charge in [0, 0.05) is 12.7 Å². The highest BCUT2D eigenvalue weighted by Crippen LogP contribution is 2.42. The SMILES string of the molecule is CC(=O)N1[C@@H](c2ccco2)SC[C@H]1C(=O)O[C@@H](C)c1ccccc1. The quantitative estimate of drug-likeness (QED) is 0.793. The Morgan fingerprint density at radius 2 is 2.00 bits per heavy atom. The smallest absolute Gasteiger partial charge is 0.330 e. The lowest BCUT2D eigenvalue weighted by atomic mass is 10.1. The van der Waals surface area contributed by atoms with Crippen LogP contribution >= 0.6 is 11.8 Å². The van der Waals surface area contributed by atoms with Crippen molar-refractivity contribution in [2.75, 3.05) is 5.75 Å². The molecular formula is C18H19NO4S. The third kappa shape index (κ3) is 3.33. The molecule has 0 N–H and O–H groups in total. The predicted octanol–water partition coefficient (Wildman–Crippen LogP) is 3.55. The molecule has 1 fully saturated rings. The van der Waals surface area contributed by atoms with E-state index in [1.807, 2.05) is 43.3 Å². The molecule has 24 heavy (non-hydrogen) atoms. The molecule has 0 saturated carbocycles. The Kier molecular flexibility index (Phi) is 4.94. The van der Waals surface area contributed by atoms with Crippen molar-refractivity contribution in [1.82, 2.24) is 4.90 Å². The van der Waals surface area contributed by atoms with Crippen molar-refractivity contribution in [3.8, 4) is 0 Å². The number of furan rings is 1. The summed E-state index contributed by atoms with van der Waals surface area (Å²) in [5.41, 5.74) is 0.924. The first-order valence-corrected chi connectivity index (χ1v) is 8.82. The van der Waals surface area contributed by atoms with Gasteiger partial charge in [0.15, 0.2) is 0 Å². The van der Waals surface area contributed by atoms with Gasteiger partial charge in [-0.05, 0) is 24.6 Å². The lowest BCUT2D eigenvalue weighted by Crippen LogP contribution is -2.42. The Morgan fingerprint density at radius 1 is 1.25 bits per heavy atom. The zero-order valence-electron chi connectivity index (χ0n) is 13.5. The highest BCUT2D eigenvalue weighted by atomic mass is 32.2. The third-order valence-corrected chi connectivity index (χ3v) is 5.27. The molecule has 0 aliphatic carbocycles. The maximum absolute atomic E-state index is 12.6. The number of esters is 1. The van der Waals surface area contributed by atoms with Crippen LogP contribution in [0.3, 0.4) is 0 Å². The Bertz CT molecular complexity index is 701. The van der Waals surface area contributed by atoms with Gasteiger partial charge in [-0.25, -0.2) is 4.79 Å². The number of amides is 1. The molecule has 1 aliphatic heterocycles. The fourth-order valence-corrected chi connectivity index (χ4v) is 4.18. The Labute approximate surface area is 145 Å². The van der Waals surface area contributed by atoms with E-state index in [9.17, 15) is 9.59 Å². The van der Waals surface area contributed by atoms with Gasteiger partial charge in [0.25, 0.3) is 0 Å². The van der Waals surface area contributed by atoms with Gasteiger partial charge in [-0.2, -0.15) is 0 Å². The first kappa shape index (κ1) is 16.6. The zero-order valence-corrected chi connectivity index (χ0v) is 14.4. The number of hydrogen-bond acceptors (Lipinski definition) is 5. The molecule has 1 amide bonds. The van der Waals surface area contributed by atoms with Gasteiger partial charge in [-0.1, -0.05) is 30.3 Å². The average molecular weight is 345 g/mol. The molecule has 0 spiro atoms. The van der Waals surface area contributed by atoms with E-state index in [0.717, 1.165) is 5.56 Å². The summed E-state index contributed by atoms with van der Waals surface area (Å²) in [6.45, 7) is 3.29. The molecule has 126 valence electrons. The second-order valence-corrected chi connectivity index (χ2v) is 6.75. The van der Waals surface area contributed by atoms with E-state index in [0.29, 0.717) is 11.5 Å². The van der Waals surface area contributed by atoms with E-state index in [-0.39, 0.29) is 23.4 Å². The molecule has 2 aromatic rings. The van der Waals surface area contributed by atoms with Gasteiger partial charge >= 0.3 is 5.97 Å². The molecular weight excluding hydrogens is 326 g/mol. The summed E-state index contributed by atoms with van der Waals surface area (Å²) in [6, 6.07) is 12.5. The topological polar surface area (TPSA) is 59.8 Å². The molecule has 1 aromatic carbocycles. The minimum Gasteiger partial charge on any atom is -0.466 e. The summed E-state index contributed by atoms with van der Waals surface area (Å²) >= 11 is 1.51. The van der Waals surface area contributed by atoms with Crippen molar-refractivity contribution in [2.45, 2.75) is 31.4 Å². The van der Waals surface area contributed by atoms with Gasteiger partial charge in [0.2, 0.25) is 5.91 Å². The maximum Gasteiger partial charge on any atom is 0.330 e.